The summed E-state index contributed by atoms with van der Waals surface area (Å²) in [7, 11) is 0. The van der Waals surface area contributed by atoms with Gasteiger partial charge in [0.2, 0.25) is 0 Å². The summed E-state index contributed by atoms with van der Waals surface area (Å²) in [6.45, 7) is 10.1. The number of hydrogen-bond acceptors (Lipinski definition) is 3. The summed E-state index contributed by atoms with van der Waals surface area (Å²) in [6.07, 6.45) is 8.04. The second kappa shape index (κ2) is 16.3. The molecule has 0 rings (SSSR count). The normalized spacial score (nSPS) is 17.0. The number of halogens is 2. The van der Waals surface area contributed by atoms with Crippen LogP contribution in [0.25, 0.3) is 0 Å². The van der Waals surface area contributed by atoms with E-state index in [0.717, 1.165) is 64.6 Å². The lowest BCUT2D eigenvalue weighted by atomic mass is 10.2. The summed E-state index contributed by atoms with van der Waals surface area (Å²) in [5.41, 5.74) is 0. The van der Waals surface area contributed by atoms with Crippen LogP contribution in [0.2, 0.25) is 0 Å². The molecule has 0 N–H and O–H groups in total. The average molecular weight is 460 g/mol. The molecule has 0 radical (unpaired) electrons. The van der Waals surface area contributed by atoms with Crippen LogP contribution in [0.5, 0.6) is 0 Å². The zero-order valence-electron chi connectivity index (χ0n) is 15.4. The van der Waals surface area contributed by atoms with E-state index in [-0.39, 0.29) is 12.6 Å². The first-order valence-corrected chi connectivity index (χ1v) is 11.0. The Morgan fingerprint density at radius 3 is 1.39 bits per heavy atom. The molecule has 5 heteroatoms. The van der Waals surface area contributed by atoms with Crippen LogP contribution in [0.4, 0.5) is 0 Å². The van der Waals surface area contributed by atoms with Crippen molar-refractivity contribution in [3.8, 4) is 0 Å². The van der Waals surface area contributed by atoms with E-state index in [1.807, 2.05) is 0 Å². The third-order valence-electron chi connectivity index (χ3n) is 3.40. The van der Waals surface area contributed by atoms with E-state index in [1.165, 1.54) is 0 Å². The van der Waals surface area contributed by atoms with Crippen molar-refractivity contribution < 1.29 is 14.2 Å². The molecule has 4 atom stereocenters. The molecule has 0 aliphatic heterocycles. The van der Waals surface area contributed by atoms with Crippen LogP contribution in [0.15, 0.2) is 0 Å². The lowest BCUT2D eigenvalue weighted by Crippen LogP contribution is -2.28. The van der Waals surface area contributed by atoms with Gasteiger partial charge in [-0.3, -0.25) is 0 Å². The number of rotatable bonds is 16. The van der Waals surface area contributed by atoms with Gasteiger partial charge < -0.3 is 14.2 Å². The van der Waals surface area contributed by atoms with Gasteiger partial charge in [0.15, 0.2) is 12.6 Å². The Hall–Kier alpha value is 0.840. The minimum Gasteiger partial charge on any atom is -0.353 e. The molecule has 140 valence electrons. The van der Waals surface area contributed by atoms with Gasteiger partial charge in [-0.05, 0) is 51.4 Å². The zero-order valence-corrected chi connectivity index (χ0v) is 18.5. The highest BCUT2D eigenvalue weighted by atomic mass is 79.9. The van der Waals surface area contributed by atoms with Crippen LogP contribution >= 0.6 is 31.9 Å². The Morgan fingerprint density at radius 1 is 0.696 bits per heavy atom. The van der Waals surface area contributed by atoms with Crippen LogP contribution < -0.4 is 0 Å². The van der Waals surface area contributed by atoms with Gasteiger partial charge in [-0.1, -0.05) is 59.6 Å². The number of alkyl halides is 2. The molecule has 0 aromatic rings. The minimum atomic E-state index is -0.149. The summed E-state index contributed by atoms with van der Waals surface area (Å²) in [4.78, 5) is 1.09. The quantitative estimate of drug-likeness (QED) is 0.197. The van der Waals surface area contributed by atoms with E-state index in [0.29, 0.717) is 9.65 Å². The van der Waals surface area contributed by atoms with Crippen molar-refractivity contribution >= 4 is 31.9 Å². The van der Waals surface area contributed by atoms with Gasteiger partial charge in [-0.25, -0.2) is 0 Å². The van der Waals surface area contributed by atoms with Crippen LogP contribution in [-0.4, -0.2) is 35.4 Å². The van der Waals surface area contributed by atoms with E-state index in [4.69, 9.17) is 14.2 Å². The maximum Gasteiger partial charge on any atom is 0.160 e. The molecule has 3 nitrogen and oxygen atoms in total. The summed E-state index contributed by atoms with van der Waals surface area (Å²) in [6, 6.07) is 0. The molecule has 4 unspecified atom stereocenters. The zero-order chi connectivity index (χ0) is 17.5. The highest BCUT2D eigenvalue weighted by Crippen LogP contribution is 2.18. The first kappa shape index (κ1) is 23.8. The summed E-state index contributed by atoms with van der Waals surface area (Å²) in [5.74, 6) is 0. The van der Waals surface area contributed by atoms with E-state index >= 15 is 0 Å². The van der Waals surface area contributed by atoms with Gasteiger partial charge in [-0.15, -0.1) is 0 Å². The van der Waals surface area contributed by atoms with Gasteiger partial charge >= 0.3 is 0 Å². The Labute approximate surface area is 160 Å². The van der Waals surface area contributed by atoms with Crippen molar-refractivity contribution in [2.75, 3.05) is 13.2 Å². The highest BCUT2D eigenvalue weighted by Gasteiger charge is 2.18. The molecule has 0 aromatic heterocycles. The molecule has 0 aliphatic carbocycles. The molecule has 0 spiro atoms. The van der Waals surface area contributed by atoms with Crippen molar-refractivity contribution in [1.29, 1.82) is 0 Å². The predicted molar refractivity (Wildman–Crippen MR) is 106 cm³/mol. The molecule has 0 saturated heterocycles. The molecular formula is C18H36Br2O3. The SMILES string of the molecule is CCCOC(CCCC(C)Br)OC(CCCC(C)Br)OCCC. The van der Waals surface area contributed by atoms with Crippen LogP contribution in [0.3, 0.4) is 0 Å². The topological polar surface area (TPSA) is 27.7 Å². The molecule has 0 aliphatic rings. The third kappa shape index (κ3) is 16.1. The molecule has 0 aromatic carbocycles. The van der Waals surface area contributed by atoms with Crippen molar-refractivity contribution in [1.82, 2.24) is 0 Å². The van der Waals surface area contributed by atoms with Crippen molar-refractivity contribution in [2.24, 2.45) is 0 Å². The Kier molecular flexibility index (Phi) is 16.9. The van der Waals surface area contributed by atoms with E-state index in [2.05, 4.69) is 59.6 Å². The highest BCUT2D eigenvalue weighted by molar-refractivity contribution is 9.09. The van der Waals surface area contributed by atoms with E-state index < -0.39 is 0 Å². The summed E-state index contributed by atoms with van der Waals surface area (Å²) >= 11 is 7.20. The van der Waals surface area contributed by atoms with Crippen LogP contribution in [-0.2, 0) is 14.2 Å². The standard InChI is InChI=1S/C18H36Br2O3/c1-5-13-21-17(11-7-9-15(3)19)23-18(22-14-6-2)12-8-10-16(4)20/h15-18H,5-14H2,1-4H3. The maximum atomic E-state index is 6.14. The predicted octanol–water partition coefficient (Wildman–Crippen LogP) is 6.42. The van der Waals surface area contributed by atoms with E-state index in [9.17, 15) is 0 Å². The lowest BCUT2D eigenvalue weighted by Gasteiger charge is -2.25. The van der Waals surface area contributed by atoms with E-state index in [1.54, 1.807) is 0 Å². The number of ether oxygens (including phenoxy) is 3. The summed E-state index contributed by atoms with van der Waals surface area (Å²) in [5, 5.41) is 0. The van der Waals surface area contributed by atoms with Gasteiger partial charge in [0.05, 0.1) is 0 Å². The fourth-order valence-corrected chi connectivity index (χ4v) is 2.83. The molecule has 23 heavy (non-hydrogen) atoms. The smallest absolute Gasteiger partial charge is 0.160 e. The molecular weight excluding hydrogens is 424 g/mol. The lowest BCUT2D eigenvalue weighted by molar-refractivity contribution is -0.249. The Morgan fingerprint density at radius 2 is 1.09 bits per heavy atom. The number of hydrogen-bond donors (Lipinski definition) is 0. The average Bonchev–Trinajstić information content (AvgIpc) is 2.48. The minimum absolute atomic E-state index is 0.149. The summed E-state index contributed by atoms with van der Waals surface area (Å²) < 4.78 is 17.9. The van der Waals surface area contributed by atoms with Gasteiger partial charge in [0.25, 0.3) is 0 Å². The third-order valence-corrected chi connectivity index (χ3v) is 4.32. The maximum absolute atomic E-state index is 6.14. The first-order chi connectivity index (χ1) is 11.0. The second-order valence-corrected chi connectivity index (χ2v) is 9.29. The first-order valence-electron chi connectivity index (χ1n) is 9.16. The van der Waals surface area contributed by atoms with Crippen molar-refractivity contribution in [2.45, 2.75) is 101 Å². The van der Waals surface area contributed by atoms with Gasteiger partial charge in [-0.2, -0.15) is 0 Å². The molecule has 0 saturated carbocycles. The van der Waals surface area contributed by atoms with Crippen LogP contribution in [0.1, 0.15) is 79.1 Å². The van der Waals surface area contributed by atoms with Gasteiger partial charge in [0, 0.05) is 22.9 Å². The van der Waals surface area contributed by atoms with Gasteiger partial charge in [0.1, 0.15) is 0 Å². The largest absolute Gasteiger partial charge is 0.353 e. The Balaban J connectivity index is 4.35. The second-order valence-electron chi connectivity index (χ2n) is 6.16. The molecule has 0 fully saturated rings. The van der Waals surface area contributed by atoms with Crippen molar-refractivity contribution in [3.05, 3.63) is 0 Å². The molecule has 0 amide bonds. The fraction of sp³-hybridized carbons (Fsp3) is 1.00. The molecule has 0 heterocycles. The fourth-order valence-electron chi connectivity index (χ4n) is 2.18. The monoisotopic (exact) mass is 458 g/mol. The Bertz CT molecular complexity index is 226. The van der Waals surface area contributed by atoms with Crippen LogP contribution in [0, 0.1) is 0 Å². The molecule has 0 bridgehead atoms. The van der Waals surface area contributed by atoms with Crippen molar-refractivity contribution in [3.63, 3.8) is 0 Å².